The number of pyridine rings is 1. The van der Waals surface area contributed by atoms with Gasteiger partial charge in [0.2, 0.25) is 5.91 Å². The lowest BCUT2D eigenvalue weighted by Crippen LogP contribution is -2.44. The van der Waals surface area contributed by atoms with E-state index < -0.39 is 0 Å². The van der Waals surface area contributed by atoms with Gasteiger partial charge >= 0.3 is 0 Å². The second kappa shape index (κ2) is 8.06. The first-order valence-electron chi connectivity index (χ1n) is 11.6. The van der Waals surface area contributed by atoms with Crippen molar-refractivity contribution in [3.63, 3.8) is 0 Å². The first-order chi connectivity index (χ1) is 16.1. The van der Waals surface area contributed by atoms with E-state index in [4.69, 9.17) is 14.7 Å². The van der Waals surface area contributed by atoms with E-state index in [0.717, 1.165) is 62.2 Å². The van der Waals surface area contributed by atoms with Crippen molar-refractivity contribution in [2.45, 2.75) is 25.7 Å². The molecule has 2 fully saturated rings. The molecule has 1 unspecified atom stereocenters. The van der Waals surface area contributed by atoms with Crippen LogP contribution in [-0.2, 0) is 9.59 Å². The monoisotopic (exact) mass is 446 g/mol. The molecular formula is C24H26N6O3. The number of amides is 2. The third-order valence-corrected chi connectivity index (χ3v) is 6.73. The largest absolute Gasteiger partial charge is 0.482 e. The molecular weight excluding hydrogens is 420 g/mol. The molecule has 2 N–H and O–H groups in total. The highest BCUT2D eigenvalue weighted by Gasteiger charge is 2.31. The number of nitrogens with one attached hydrogen (secondary N) is 2. The number of likely N-dealkylation sites (tertiary alicyclic amines) is 1. The number of carbonyl (C=O) groups is 2. The summed E-state index contributed by atoms with van der Waals surface area (Å²) in [5.74, 6) is 2.35. The van der Waals surface area contributed by atoms with E-state index >= 15 is 0 Å². The van der Waals surface area contributed by atoms with Gasteiger partial charge in [0.15, 0.2) is 12.3 Å². The highest BCUT2D eigenvalue weighted by atomic mass is 16.5. The Balaban J connectivity index is 1.24. The number of hydrogen-bond donors (Lipinski definition) is 2. The van der Waals surface area contributed by atoms with Crippen LogP contribution < -0.4 is 15.0 Å². The summed E-state index contributed by atoms with van der Waals surface area (Å²) < 4.78 is 5.44. The minimum Gasteiger partial charge on any atom is -0.482 e. The molecule has 33 heavy (non-hydrogen) atoms. The normalized spacial score (nSPS) is 20.5. The molecule has 2 aromatic heterocycles. The number of fused-ring (bicyclic) bond motifs is 2. The molecule has 0 spiro atoms. The number of nitrogens with zero attached hydrogens (tertiary/aromatic N) is 4. The van der Waals surface area contributed by atoms with Gasteiger partial charge < -0.3 is 24.8 Å². The van der Waals surface area contributed by atoms with Crippen molar-refractivity contribution < 1.29 is 14.3 Å². The highest BCUT2D eigenvalue weighted by Crippen LogP contribution is 2.33. The Kier molecular flexibility index (Phi) is 4.89. The number of hydrogen-bond acceptors (Lipinski definition) is 6. The van der Waals surface area contributed by atoms with E-state index in [1.54, 1.807) is 0 Å². The molecule has 6 rings (SSSR count). The summed E-state index contributed by atoms with van der Waals surface area (Å²) in [5, 5.41) is 2.83. The van der Waals surface area contributed by atoms with Gasteiger partial charge in [0, 0.05) is 31.7 Å². The van der Waals surface area contributed by atoms with Crippen LogP contribution in [0.15, 0.2) is 30.3 Å². The number of aromatic amines is 1. The Morgan fingerprint density at radius 2 is 1.94 bits per heavy atom. The summed E-state index contributed by atoms with van der Waals surface area (Å²) in [6.45, 7) is 3.42. The molecule has 0 saturated carbocycles. The smallest absolute Gasteiger partial charge is 0.262 e. The third kappa shape index (κ3) is 3.77. The maximum Gasteiger partial charge on any atom is 0.262 e. The Labute approximate surface area is 191 Å². The maximum atomic E-state index is 12.9. The van der Waals surface area contributed by atoms with Crippen molar-refractivity contribution in [1.82, 2.24) is 19.9 Å². The highest BCUT2D eigenvalue weighted by molar-refractivity contribution is 5.96. The van der Waals surface area contributed by atoms with E-state index in [1.807, 2.05) is 35.2 Å². The molecule has 2 amide bonds. The number of aromatic nitrogens is 3. The van der Waals surface area contributed by atoms with Crippen LogP contribution in [0.2, 0.25) is 0 Å². The minimum absolute atomic E-state index is 0.0324. The Morgan fingerprint density at radius 3 is 2.82 bits per heavy atom. The van der Waals surface area contributed by atoms with Crippen molar-refractivity contribution >= 4 is 34.5 Å². The van der Waals surface area contributed by atoms with Gasteiger partial charge in [0.1, 0.15) is 17.4 Å². The average molecular weight is 447 g/mol. The zero-order valence-corrected chi connectivity index (χ0v) is 18.3. The maximum absolute atomic E-state index is 12.9. The first-order valence-corrected chi connectivity index (χ1v) is 11.6. The van der Waals surface area contributed by atoms with Crippen LogP contribution in [-0.4, -0.2) is 64.5 Å². The molecule has 0 radical (unpaired) electrons. The minimum atomic E-state index is -0.168. The van der Waals surface area contributed by atoms with Crippen LogP contribution in [0.3, 0.4) is 0 Å². The van der Waals surface area contributed by atoms with Crippen LogP contribution in [0.5, 0.6) is 5.75 Å². The van der Waals surface area contributed by atoms with E-state index in [9.17, 15) is 9.59 Å². The van der Waals surface area contributed by atoms with E-state index in [0.29, 0.717) is 35.4 Å². The molecule has 1 atom stereocenters. The number of H-pyrrole nitrogens is 1. The standard InChI is InChI=1S/C24H26N6O3/c31-21-14-33-19-7-5-15(12-18(19)25-21)22-26-17-6-8-20(27-23(17)28-22)30-11-3-4-16(13-30)24(32)29-9-1-2-10-29/h5-8,12,16H,1-4,9-11,13-14H2,(H,25,31)(H,26,27,28). The van der Waals surface area contributed by atoms with Crippen LogP contribution in [0.1, 0.15) is 25.7 Å². The van der Waals surface area contributed by atoms with Crippen molar-refractivity contribution in [3.05, 3.63) is 30.3 Å². The molecule has 3 aromatic rings. The summed E-state index contributed by atoms with van der Waals surface area (Å²) >= 11 is 0. The van der Waals surface area contributed by atoms with Gasteiger partial charge in [0.25, 0.3) is 5.91 Å². The van der Waals surface area contributed by atoms with Crippen LogP contribution >= 0.6 is 0 Å². The summed E-state index contributed by atoms with van der Waals surface area (Å²) in [6.07, 6.45) is 4.16. The lowest BCUT2D eigenvalue weighted by atomic mass is 9.96. The third-order valence-electron chi connectivity index (χ3n) is 6.73. The van der Waals surface area contributed by atoms with Gasteiger partial charge in [-0.25, -0.2) is 9.97 Å². The summed E-state index contributed by atoms with van der Waals surface area (Å²) in [6, 6.07) is 9.58. The Hall–Kier alpha value is -3.62. The number of ether oxygens (including phenoxy) is 1. The Morgan fingerprint density at radius 1 is 1.06 bits per heavy atom. The van der Waals surface area contributed by atoms with Gasteiger partial charge in [-0.15, -0.1) is 0 Å². The fourth-order valence-electron chi connectivity index (χ4n) is 5.01. The fraction of sp³-hybridized carbons (Fsp3) is 0.417. The fourth-order valence-corrected chi connectivity index (χ4v) is 5.01. The molecule has 3 aliphatic rings. The number of benzene rings is 1. The van der Waals surface area contributed by atoms with Crippen molar-refractivity contribution in [2.75, 3.05) is 43.0 Å². The zero-order valence-electron chi connectivity index (χ0n) is 18.3. The molecule has 2 saturated heterocycles. The predicted molar refractivity (Wildman–Crippen MR) is 124 cm³/mol. The van der Waals surface area contributed by atoms with Crippen molar-refractivity contribution in [1.29, 1.82) is 0 Å². The van der Waals surface area contributed by atoms with Crippen molar-refractivity contribution in [2.24, 2.45) is 5.92 Å². The van der Waals surface area contributed by atoms with Gasteiger partial charge in [0.05, 0.1) is 17.1 Å². The number of carbonyl (C=O) groups excluding carboxylic acids is 2. The predicted octanol–water partition coefficient (Wildman–Crippen LogP) is 2.79. The van der Waals surface area contributed by atoms with Crippen LogP contribution in [0.4, 0.5) is 11.5 Å². The lowest BCUT2D eigenvalue weighted by molar-refractivity contribution is -0.134. The molecule has 5 heterocycles. The van der Waals surface area contributed by atoms with Gasteiger partial charge in [-0.3, -0.25) is 9.59 Å². The molecule has 9 nitrogen and oxygen atoms in total. The quantitative estimate of drug-likeness (QED) is 0.641. The van der Waals surface area contributed by atoms with E-state index in [2.05, 4.69) is 15.2 Å². The number of imidazole rings is 1. The molecule has 0 bridgehead atoms. The number of rotatable bonds is 3. The summed E-state index contributed by atoms with van der Waals surface area (Å²) in [5.41, 5.74) is 2.95. The van der Waals surface area contributed by atoms with E-state index in [1.165, 1.54) is 0 Å². The number of anilines is 2. The second-order valence-electron chi connectivity index (χ2n) is 8.99. The molecule has 170 valence electrons. The summed E-state index contributed by atoms with van der Waals surface area (Å²) in [4.78, 5) is 41.6. The second-order valence-corrected chi connectivity index (χ2v) is 8.99. The molecule has 1 aromatic carbocycles. The van der Waals surface area contributed by atoms with Gasteiger partial charge in [-0.05, 0) is 56.0 Å². The molecule has 0 aliphatic carbocycles. The first kappa shape index (κ1) is 20.0. The van der Waals surface area contributed by atoms with Gasteiger partial charge in [-0.2, -0.15) is 0 Å². The number of piperidine rings is 1. The molecule has 3 aliphatic heterocycles. The summed E-state index contributed by atoms with van der Waals surface area (Å²) in [7, 11) is 0. The van der Waals surface area contributed by atoms with Crippen LogP contribution in [0.25, 0.3) is 22.6 Å². The molecule has 9 heteroatoms. The topological polar surface area (TPSA) is 103 Å². The van der Waals surface area contributed by atoms with Crippen LogP contribution in [0, 0.1) is 5.92 Å². The SMILES string of the molecule is O=C1COc2ccc(-c3nc4nc(N5CCCC(C(=O)N6CCCC6)C5)ccc4[nH]3)cc2N1. The van der Waals surface area contributed by atoms with Gasteiger partial charge in [-0.1, -0.05) is 0 Å². The average Bonchev–Trinajstić information content (AvgIpc) is 3.53. The Bertz CT molecular complexity index is 1230. The van der Waals surface area contributed by atoms with E-state index in [-0.39, 0.29) is 18.4 Å². The lowest BCUT2D eigenvalue weighted by Gasteiger charge is -2.34. The van der Waals surface area contributed by atoms with Crippen molar-refractivity contribution in [3.8, 4) is 17.1 Å². The zero-order chi connectivity index (χ0) is 22.4.